The molecule has 178 valence electrons. The first kappa shape index (κ1) is 22.9. The van der Waals surface area contributed by atoms with Crippen molar-refractivity contribution in [1.29, 1.82) is 0 Å². The molecule has 0 fully saturated rings. The lowest BCUT2D eigenvalue weighted by Gasteiger charge is -2.23. The van der Waals surface area contributed by atoms with Gasteiger partial charge in [0, 0.05) is 29.6 Å². The molecule has 1 aliphatic rings. The van der Waals surface area contributed by atoms with Crippen LogP contribution in [0, 0.1) is 5.82 Å². The largest absolute Gasteiger partial charge is 0.493 e. The maximum atomic E-state index is 13.1. The molecule has 0 unspecified atom stereocenters. The van der Waals surface area contributed by atoms with Gasteiger partial charge in [-0.05, 0) is 35.4 Å². The summed E-state index contributed by atoms with van der Waals surface area (Å²) in [5.74, 6) is 1.74. The Bertz CT molecular complexity index is 1410. The first-order valence-corrected chi connectivity index (χ1v) is 11.3. The molecule has 4 aromatic rings. The van der Waals surface area contributed by atoms with Crippen LogP contribution in [0.5, 0.6) is 17.2 Å². The second-order valence-corrected chi connectivity index (χ2v) is 8.41. The van der Waals surface area contributed by atoms with Gasteiger partial charge in [0.2, 0.25) is 5.75 Å². The molecule has 0 bridgehead atoms. The zero-order valence-electron chi connectivity index (χ0n) is 18.8. The zero-order chi connectivity index (χ0) is 24.4. The number of carbonyl (C=O) groups excluding carboxylic acids is 1. The maximum Gasteiger partial charge on any atom is 0.204 e. The molecule has 5 rings (SSSR count). The number of nitrogens with zero attached hydrogens (tertiary/aromatic N) is 2. The normalized spacial score (nSPS) is 12.4. The van der Waals surface area contributed by atoms with Gasteiger partial charge in [0.25, 0.3) is 0 Å². The van der Waals surface area contributed by atoms with E-state index in [1.165, 1.54) is 18.5 Å². The van der Waals surface area contributed by atoms with Crippen molar-refractivity contribution < 1.29 is 23.4 Å². The summed E-state index contributed by atoms with van der Waals surface area (Å²) in [7, 11) is 1.56. The Morgan fingerprint density at radius 1 is 1.06 bits per heavy atom. The van der Waals surface area contributed by atoms with Gasteiger partial charge < -0.3 is 19.5 Å². The van der Waals surface area contributed by atoms with Crippen LogP contribution in [0.25, 0.3) is 10.9 Å². The number of Topliss-reactive ketones (excluding diaryl/α,β-unsaturated/α-hetero) is 1. The molecule has 35 heavy (non-hydrogen) atoms. The lowest BCUT2D eigenvalue weighted by Crippen LogP contribution is -2.16. The Kier molecular flexibility index (Phi) is 6.37. The van der Waals surface area contributed by atoms with Crippen molar-refractivity contribution in [3.8, 4) is 17.2 Å². The molecule has 0 amide bonds. The van der Waals surface area contributed by atoms with Crippen molar-refractivity contribution in [3.63, 3.8) is 0 Å². The van der Waals surface area contributed by atoms with Gasteiger partial charge in [0.1, 0.15) is 37.0 Å². The molecule has 2 heterocycles. The number of rotatable bonds is 7. The van der Waals surface area contributed by atoms with Crippen molar-refractivity contribution in [1.82, 2.24) is 9.97 Å². The summed E-state index contributed by atoms with van der Waals surface area (Å²) in [6.07, 6.45) is 1.83. The Labute approximate surface area is 205 Å². The highest BCUT2D eigenvalue weighted by Gasteiger charge is 2.24. The molecule has 0 saturated heterocycles. The number of carbonyl (C=O) groups is 1. The van der Waals surface area contributed by atoms with Gasteiger partial charge in [0.15, 0.2) is 11.5 Å². The predicted molar refractivity (Wildman–Crippen MR) is 131 cm³/mol. The number of nitrogens with one attached hydrogen (secondary N) is 1. The minimum atomic E-state index is -0.331. The minimum Gasteiger partial charge on any atom is -0.493 e. The number of benzene rings is 3. The van der Waals surface area contributed by atoms with Crippen LogP contribution in [0.1, 0.15) is 11.1 Å². The van der Waals surface area contributed by atoms with Gasteiger partial charge >= 0.3 is 0 Å². The number of ketones is 1. The van der Waals surface area contributed by atoms with E-state index in [1.807, 2.05) is 6.07 Å². The maximum absolute atomic E-state index is 13.1. The van der Waals surface area contributed by atoms with Crippen LogP contribution in [0.3, 0.4) is 0 Å². The van der Waals surface area contributed by atoms with E-state index in [0.717, 1.165) is 5.56 Å². The molecule has 1 aliphatic heterocycles. The van der Waals surface area contributed by atoms with Crippen LogP contribution in [-0.2, 0) is 17.6 Å². The Balaban J connectivity index is 1.38. The zero-order valence-corrected chi connectivity index (χ0v) is 19.6. The third-order valence-corrected chi connectivity index (χ3v) is 5.97. The van der Waals surface area contributed by atoms with Crippen LogP contribution >= 0.6 is 11.6 Å². The van der Waals surface area contributed by atoms with Gasteiger partial charge in [-0.25, -0.2) is 14.4 Å². The van der Waals surface area contributed by atoms with E-state index >= 15 is 0 Å². The number of fused-ring (bicyclic) bond motifs is 3. The van der Waals surface area contributed by atoms with E-state index in [2.05, 4.69) is 15.3 Å². The monoisotopic (exact) mass is 493 g/mol. The minimum absolute atomic E-state index is 0.0151. The second-order valence-electron chi connectivity index (χ2n) is 8.00. The van der Waals surface area contributed by atoms with Gasteiger partial charge in [0.05, 0.1) is 18.0 Å². The third-order valence-electron chi connectivity index (χ3n) is 5.62. The SMILES string of the molecule is COc1cc2ncnc(Nc3ccc(CC(=O)Cc4ccc(F)cc4)c(Cl)c3)c2c2c1OCCO2. The summed E-state index contributed by atoms with van der Waals surface area (Å²) < 4.78 is 30.2. The highest BCUT2D eigenvalue weighted by Crippen LogP contribution is 2.46. The number of anilines is 2. The van der Waals surface area contributed by atoms with Gasteiger partial charge in [-0.15, -0.1) is 0 Å². The van der Waals surface area contributed by atoms with E-state index in [0.29, 0.717) is 63.5 Å². The number of aromatic nitrogens is 2. The van der Waals surface area contributed by atoms with E-state index in [4.69, 9.17) is 25.8 Å². The fraction of sp³-hybridized carbons (Fsp3) is 0.192. The molecule has 7 nitrogen and oxygen atoms in total. The predicted octanol–water partition coefficient (Wildman–Crippen LogP) is 5.30. The number of methoxy groups -OCH3 is 1. The summed E-state index contributed by atoms with van der Waals surface area (Å²) >= 11 is 6.50. The first-order chi connectivity index (χ1) is 17.0. The van der Waals surface area contributed by atoms with E-state index < -0.39 is 0 Å². The molecule has 9 heteroatoms. The molecule has 1 N–H and O–H groups in total. The Hall–Kier alpha value is -3.91. The number of halogens is 2. The molecular weight excluding hydrogens is 473 g/mol. The Morgan fingerprint density at radius 2 is 1.83 bits per heavy atom. The van der Waals surface area contributed by atoms with Gasteiger partial charge in [-0.3, -0.25) is 4.79 Å². The van der Waals surface area contributed by atoms with Crippen molar-refractivity contribution in [2.45, 2.75) is 12.8 Å². The summed E-state index contributed by atoms with van der Waals surface area (Å²) in [4.78, 5) is 21.3. The fourth-order valence-electron chi connectivity index (χ4n) is 3.97. The average molecular weight is 494 g/mol. The molecular formula is C26H21ClFN3O4. The summed E-state index contributed by atoms with van der Waals surface area (Å²) in [6.45, 7) is 0.818. The standard InChI is InChI=1S/C26H21ClFN3O4/c1-33-22-13-21-23(25-24(22)34-8-9-35-25)26(30-14-29-21)31-18-7-4-16(20(27)12-18)11-19(32)10-15-2-5-17(28)6-3-15/h2-7,12-14H,8-11H2,1H3,(H,29,30,31). The van der Waals surface area contributed by atoms with Crippen molar-refractivity contribution >= 4 is 39.8 Å². The summed E-state index contributed by atoms with van der Waals surface area (Å²) in [6, 6.07) is 13.0. The van der Waals surface area contributed by atoms with Gasteiger partial charge in [-0.2, -0.15) is 0 Å². The van der Waals surface area contributed by atoms with E-state index in [9.17, 15) is 9.18 Å². The highest BCUT2D eigenvalue weighted by molar-refractivity contribution is 6.31. The molecule has 0 atom stereocenters. The average Bonchev–Trinajstić information content (AvgIpc) is 2.86. The van der Waals surface area contributed by atoms with Crippen molar-refractivity contribution in [2.75, 3.05) is 25.6 Å². The number of hydrogen-bond acceptors (Lipinski definition) is 7. The summed E-state index contributed by atoms with van der Waals surface area (Å²) in [5.41, 5.74) is 2.78. The van der Waals surface area contributed by atoms with Crippen molar-refractivity contribution in [2.24, 2.45) is 0 Å². The van der Waals surface area contributed by atoms with Crippen LogP contribution in [0.2, 0.25) is 5.02 Å². The van der Waals surface area contributed by atoms with Gasteiger partial charge in [-0.1, -0.05) is 29.8 Å². The molecule has 0 radical (unpaired) electrons. The van der Waals surface area contributed by atoms with Crippen LogP contribution < -0.4 is 19.5 Å². The number of ether oxygens (including phenoxy) is 3. The quantitative estimate of drug-likeness (QED) is 0.374. The fourth-order valence-corrected chi connectivity index (χ4v) is 4.21. The van der Waals surface area contributed by atoms with Crippen LogP contribution in [0.15, 0.2) is 54.9 Å². The highest BCUT2D eigenvalue weighted by atomic mass is 35.5. The lowest BCUT2D eigenvalue weighted by atomic mass is 10.0. The summed E-state index contributed by atoms with van der Waals surface area (Å²) in [5, 5.41) is 4.38. The number of hydrogen-bond donors (Lipinski definition) is 1. The van der Waals surface area contributed by atoms with Crippen LogP contribution in [0.4, 0.5) is 15.9 Å². The first-order valence-electron chi connectivity index (χ1n) is 10.9. The third kappa shape index (κ3) is 4.83. The second kappa shape index (κ2) is 9.76. The smallest absolute Gasteiger partial charge is 0.204 e. The Morgan fingerprint density at radius 3 is 2.57 bits per heavy atom. The van der Waals surface area contributed by atoms with Crippen LogP contribution in [-0.4, -0.2) is 36.1 Å². The topological polar surface area (TPSA) is 82.6 Å². The molecule has 3 aromatic carbocycles. The van der Waals surface area contributed by atoms with E-state index in [1.54, 1.807) is 37.4 Å². The molecule has 0 saturated carbocycles. The molecule has 1 aromatic heterocycles. The van der Waals surface area contributed by atoms with E-state index in [-0.39, 0.29) is 24.4 Å². The lowest BCUT2D eigenvalue weighted by molar-refractivity contribution is -0.117. The van der Waals surface area contributed by atoms with Crippen molar-refractivity contribution in [3.05, 3.63) is 76.8 Å². The molecule has 0 aliphatic carbocycles. The molecule has 0 spiro atoms.